The molecule has 3 amide bonds. The molecular formula is C17H16FN3O4. The zero-order valence-electron chi connectivity index (χ0n) is 13.3. The van der Waals surface area contributed by atoms with E-state index in [2.05, 4.69) is 10.6 Å². The van der Waals surface area contributed by atoms with E-state index in [1.165, 1.54) is 55.5 Å². The minimum absolute atomic E-state index is 0.205. The highest BCUT2D eigenvalue weighted by atomic mass is 19.1. The molecule has 0 aliphatic rings. The van der Waals surface area contributed by atoms with E-state index >= 15 is 0 Å². The molecule has 0 radical (unpaired) electrons. The van der Waals surface area contributed by atoms with Crippen LogP contribution in [0.3, 0.4) is 0 Å². The molecule has 0 unspecified atom stereocenters. The van der Waals surface area contributed by atoms with Crippen molar-refractivity contribution in [2.45, 2.75) is 13.0 Å². The zero-order valence-corrected chi connectivity index (χ0v) is 13.3. The lowest BCUT2D eigenvalue weighted by Gasteiger charge is -2.13. The third-order valence-corrected chi connectivity index (χ3v) is 3.15. The lowest BCUT2D eigenvalue weighted by atomic mass is 10.2. The van der Waals surface area contributed by atoms with E-state index in [0.29, 0.717) is 11.4 Å². The second kappa shape index (κ2) is 7.91. The molecule has 0 spiro atoms. The average molecular weight is 345 g/mol. The monoisotopic (exact) mass is 345 g/mol. The molecule has 8 heteroatoms. The van der Waals surface area contributed by atoms with Crippen molar-refractivity contribution in [1.82, 2.24) is 0 Å². The van der Waals surface area contributed by atoms with Crippen LogP contribution < -0.4 is 16.4 Å². The van der Waals surface area contributed by atoms with Crippen molar-refractivity contribution in [2.75, 3.05) is 10.6 Å². The molecule has 2 aromatic carbocycles. The molecule has 0 saturated carbocycles. The number of benzene rings is 2. The highest BCUT2D eigenvalue weighted by Crippen LogP contribution is 2.13. The van der Waals surface area contributed by atoms with Crippen LogP contribution in [0.4, 0.5) is 20.6 Å². The van der Waals surface area contributed by atoms with Gasteiger partial charge in [-0.2, -0.15) is 0 Å². The minimum Gasteiger partial charge on any atom is -0.449 e. The Kier molecular flexibility index (Phi) is 5.67. The van der Waals surface area contributed by atoms with Crippen molar-refractivity contribution in [3.63, 3.8) is 0 Å². The number of amides is 3. The van der Waals surface area contributed by atoms with Crippen LogP contribution in [0, 0.1) is 5.82 Å². The Bertz CT molecular complexity index is 775. The molecule has 1 atom stereocenters. The number of primary amides is 1. The van der Waals surface area contributed by atoms with Crippen LogP contribution >= 0.6 is 0 Å². The third-order valence-electron chi connectivity index (χ3n) is 3.15. The Morgan fingerprint density at radius 2 is 1.48 bits per heavy atom. The summed E-state index contributed by atoms with van der Waals surface area (Å²) >= 11 is 0. The number of nitrogens with two attached hydrogens (primary N) is 1. The largest absolute Gasteiger partial charge is 0.449 e. The van der Waals surface area contributed by atoms with E-state index in [4.69, 9.17) is 10.5 Å². The first-order valence-corrected chi connectivity index (χ1v) is 7.29. The summed E-state index contributed by atoms with van der Waals surface area (Å²) in [6.07, 6.45) is -1.05. The van der Waals surface area contributed by atoms with E-state index in [9.17, 15) is 18.8 Å². The van der Waals surface area contributed by atoms with Crippen LogP contribution in [0.5, 0.6) is 0 Å². The normalized spacial score (nSPS) is 11.3. The minimum atomic E-state index is -1.05. The van der Waals surface area contributed by atoms with Gasteiger partial charge in [0.05, 0.1) is 5.56 Å². The maximum absolute atomic E-state index is 12.8. The molecule has 2 rings (SSSR count). The summed E-state index contributed by atoms with van der Waals surface area (Å²) in [6, 6.07) is 10.3. The number of nitrogens with one attached hydrogen (secondary N) is 2. The Morgan fingerprint density at radius 3 is 2.04 bits per heavy atom. The molecule has 25 heavy (non-hydrogen) atoms. The molecule has 7 nitrogen and oxygen atoms in total. The van der Waals surface area contributed by atoms with Gasteiger partial charge < -0.3 is 21.1 Å². The predicted octanol–water partition coefficient (Wildman–Crippen LogP) is 2.50. The summed E-state index contributed by atoms with van der Waals surface area (Å²) in [5.74, 6) is -1.67. The lowest BCUT2D eigenvalue weighted by molar-refractivity contribution is -0.123. The van der Waals surface area contributed by atoms with Gasteiger partial charge in [-0.05, 0) is 55.5 Å². The van der Waals surface area contributed by atoms with E-state index in [1.807, 2.05) is 0 Å². The van der Waals surface area contributed by atoms with Crippen molar-refractivity contribution >= 4 is 29.3 Å². The number of carbonyl (C=O) groups is 3. The summed E-state index contributed by atoms with van der Waals surface area (Å²) in [7, 11) is 0. The van der Waals surface area contributed by atoms with Crippen LogP contribution in [0.15, 0.2) is 48.5 Å². The number of hydrogen-bond donors (Lipinski definition) is 3. The van der Waals surface area contributed by atoms with Crippen molar-refractivity contribution in [2.24, 2.45) is 5.73 Å². The quantitative estimate of drug-likeness (QED) is 0.723. The third kappa shape index (κ3) is 5.31. The van der Waals surface area contributed by atoms with Crippen molar-refractivity contribution in [3.8, 4) is 0 Å². The van der Waals surface area contributed by atoms with Gasteiger partial charge in [-0.25, -0.2) is 14.0 Å². The summed E-state index contributed by atoms with van der Waals surface area (Å²) in [6.45, 7) is 1.42. The number of urea groups is 1. The second-order valence-corrected chi connectivity index (χ2v) is 5.11. The number of ether oxygens (including phenoxy) is 1. The molecule has 2 aromatic rings. The van der Waals surface area contributed by atoms with Gasteiger partial charge in [0.1, 0.15) is 5.82 Å². The number of carbonyl (C=O) groups excluding carboxylic acids is 3. The fraction of sp³-hybridized carbons (Fsp3) is 0.118. The fourth-order valence-electron chi connectivity index (χ4n) is 1.89. The van der Waals surface area contributed by atoms with E-state index in [-0.39, 0.29) is 5.56 Å². The Hall–Kier alpha value is -3.42. The first-order chi connectivity index (χ1) is 11.8. The first kappa shape index (κ1) is 17.9. The van der Waals surface area contributed by atoms with Gasteiger partial charge in [0.2, 0.25) is 0 Å². The van der Waals surface area contributed by atoms with Crippen molar-refractivity contribution in [3.05, 3.63) is 59.9 Å². The molecule has 0 aliphatic heterocycles. The summed E-state index contributed by atoms with van der Waals surface area (Å²) in [5, 5.41) is 4.87. The van der Waals surface area contributed by atoms with Crippen LogP contribution in [0.2, 0.25) is 0 Å². The highest BCUT2D eigenvalue weighted by molar-refractivity contribution is 5.97. The van der Waals surface area contributed by atoms with Gasteiger partial charge in [-0.15, -0.1) is 0 Å². The second-order valence-electron chi connectivity index (χ2n) is 5.11. The number of hydrogen-bond acceptors (Lipinski definition) is 4. The smallest absolute Gasteiger partial charge is 0.338 e. The number of rotatable bonds is 5. The molecule has 130 valence electrons. The number of anilines is 2. The van der Waals surface area contributed by atoms with E-state index in [0.717, 1.165) is 0 Å². The maximum Gasteiger partial charge on any atom is 0.338 e. The molecule has 0 saturated heterocycles. The van der Waals surface area contributed by atoms with Crippen LogP contribution in [-0.4, -0.2) is 24.0 Å². The molecule has 0 heterocycles. The molecule has 0 bridgehead atoms. The van der Waals surface area contributed by atoms with Gasteiger partial charge >= 0.3 is 12.0 Å². The first-order valence-electron chi connectivity index (χ1n) is 7.29. The Labute approximate surface area is 143 Å². The van der Waals surface area contributed by atoms with Crippen LogP contribution in [0.25, 0.3) is 0 Å². The summed E-state index contributed by atoms with van der Waals surface area (Å²) in [4.78, 5) is 34.8. The van der Waals surface area contributed by atoms with E-state index in [1.54, 1.807) is 0 Å². The molecule has 0 aromatic heterocycles. The topological polar surface area (TPSA) is 111 Å². The fourth-order valence-corrected chi connectivity index (χ4v) is 1.89. The lowest BCUT2D eigenvalue weighted by Crippen LogP contribution is -2.30. The van der Waals surface area contributed by atoms with Crippen LogP contribution in [0.1, 0.15) is 17.3 Å². The highest BCUT2D eigenvalue weighted by Gasteiger charge is 2.19. The number of halogens is 1. The Balaban J connectivity index is 1.93. The molecule has 4 N–H and O–H groups in total. The van der Waals surface area contributed by atoms with Crippen molar-refractivity contribution in [1.29, 1.82) is 0 Å². The predicted molar refractivity (Wildman–Crippen MR) is 89.6 cm³/mol. The van der Waals surface area contributed by atoms with Gasteiger partial charge in [0.25, 0.3) is 5.91 Å². The molecule has 0 aliphatic carbocycles. The Morgan fingerprint density at radius 1 is 0.960 bits per heavy atom. The van der Waals surface area contributed by atoms with Gasteiger partial charge in [-0.3, -0.25) is 4.79 Å². The molecule has 0 fully saturated rings. The SMILES string of the molecule is C[C@H](OC(=O)c1ccc(NC(N)=O)cc1)C(=O)Nc1ccc(F)cc1. The van der Waals surface area contributed by atoms with Gasteiger partial charge in [-0.1, -0.05) is 0 Å². The van der Waals surface area contributed by atoms with Crippen LogP contribution in [-0.2, 0) is 9.53 Å². The van der Waals surface area contributed by atoms with Crippen molar-refractivity contribution < 1.29 is 23.5 Å². The van der Waals surface area contributed by atoms with Gasteiger partial charge in [0, 0.05) is 11.4 Å². The number of esters is 1. The average Bonchev–Trinajstić information content (AvgIpc) is 2.57. The van der Waals surface area contributed by atoms with E-state index < -0.39 is 29.8 Å². The maximum atomic E-state index is 12.8. The van der Waals surface area contributed by atoms with Gasteiger partial charge in [0.15, 0.2) is 6.10 Å². The molecular weight excluding hydrogens is 329 g/mol. The summed E-state index contributed by atoms with van der Waals surface area (Å²) < 4.78 is 17.9. The standard InChI is InChI=1S/C17H16FN3O4/c1-10(15(22)20-13-8-4-12(18)5-9-13)25-16(23)11-2-6-14(7-3-11)21-17(19)24/h2-10H,1H3,(H,20,22)(H3,19,21,24)/t10-/m0/s1. The summed E-state index contributed by atoms with van der Waals surface area (Å²) in [5.41, 5.74) is 6.00. The zero-order chi connectivity index (χ0) is 18.4.